The third-order valence-electron chi connectivity index (χ3n) is 10.3. The number of aliphatic hydroxyl groups is 3. The van der Waals surface area contributed by atoms with Crippen LogP contribution >= 0.6 is 0 Å². The van der Waals surface area contributed by atoms with E-state index in [9.17, 15) is 20.1 Å². The topological polar surface area (TPSA) is 89.8 Å². The molecule has 5 heteroatoms. The third kappa shape index (κ3) is 36.7. The third-order valence-corrected chi connectivity index (χ3v) is 10.3. The summed E-state index contributed by atoms with van der Waals surface area (Å²) < 4.78 is 0. The molecule has 0 aliphatic carbocycles. The zero-order chi connectivity index (χ0) is 35.9. The summed E-state index contributed by atoms with van der Waals surface area (Å²) in [6, 6.07) is -0.739. The molecule has 0 heterocycles. The average molecular weight is 694 g/mol. The van der Waals surface area contributed by atoms with E-state index >= 15 is 0 Å². The Morgan fingerprint density at radius 2 is 0.837 bits per heavy atom. The van der Waals surface area contributed by atoms with Crippen LogP contribution in [0.3, 0.4) is 0 Å². The molecule has 0 aromatic carbocycles. The monoisotopic (exact) mass is 694 g/mol. The Morgan fingerprint density at radius 1 is 0.510 bits per heavy atom. The molecule has 0 aliphatic rings. The van der Waals surface area contributed by atoms with E-state index < -0.39 is 18.2 Å². The van der Waals surface area contributed by atoms with Crippen LogP contribution < -0.4 is 5.32 Å². The van der Waals surface area contributed by atoms with Gasteiger partial charge in [0.05, 0.1) is 31.3 Å². The molecule has 0 saturated carbocycles. The summed E-state index contributed by atoms with van der Waals surface area (Å²) in [5.41, 5.74) is 0. The van der Waals surface area contributed by atoms with Crippen LogP contribution in [0.2, 0.25) is 0 Å². The summed E-state index contributed by atoms with van der Waals surface area (Å²) in [4.78, 5) is 12.4. The molecule has 0 aromatic heterocycles. The fraction of sp³-hybridized carbons (Fsp3) is 0.932. The zero-order valence-corrected chi connectivity index (χ0v) is 33.1. The van der Waals surface area contributed by atoms with Crippen LogP contribution in [0.15, 0.2) is 12.2 Å². The number of carbonyl (C=O) groups excluding carboxylic acids is 1. The van der Waals surface area contributed by atoms with Crippen molar-refractivity contribution in [2.24, 2.45) is 0 Å². The predicted molar refractivity (Wildman–Crippen MR) is 213 cm³/mol. The van der Waals surface area contributed by atoms with Crippen molar-refractivity contribution in [3.63, 3.8) is 0 Å². The Morgan fingerprint density at radius 3 is 1.18 bits per heavy atom. The van der Waals surface area contributed by atoms with E-state index in [1.54, 1.807) is 6.08 Å². The van der Waals surface area contributed by atoms with Gasteiger partial charge in [-0.3, -0.25) is 4.79 Å². The normalized spacial score (nSPS) is 13.7. The Labute approximate surface area is 306 Å². The van der Waals surface area contributed by atoms with Crippen molar-refractivity contribution in [3.05, 3.63) is 12.2 Å². The molecule has 5 nitrogen and oxygen atoms in total. The van der Waals surface area contributed by atoms with Gasteiger partial charge in [0.1, 0.15) is 0 Å². The van der Waals surface area contributed by atoms with Crippen LogP contribution in [-0.2, 0) is 4.79 Å². The number of nitrogens with one attached hydrogen (secondary N) is 1. The van der Waals surface area contributed by atoms with Gasteiger partial charge < -0.3 is 20.6 Å². The lowest BCUT2D eigenvalue weighted by atomic mass is 10.0. The van der Waals surface area contributed by atoms with E-state index in [-0.39, 0.29) is 18.9 Å². The maximum atomic E-state index is 12.4. The van der Waals surface area contributed by atoms with Crippen molar-refractivity contribution in [1.29, 1.82) is 0 Å². The molecular formula is C44H87NO4. The van der Waals surface area contributed by atoms with E-state index in [1.165, 1.54) is 186 Å². The number of carbonyl (C=O) groups is 1. The van der Waals surface area contributed by atoms with Gasteiger partial charge in [0.2, 0.25) is 5.91 Å². The van der Waals surface area contributed by atoms with Crippen LogP contribution in [0.4, 0.5) is 0 Å². The molecule has 0 radical (unpaired) electrons. The van der Waals surface area contributed by atoms with Crippen molar-refractivity contribution < 1.29 is 20.1 Å². The van der Waals surface area contributed by atoms with Gasteiger partial charge in [-0.15, -0.1) is 0 Å². The molecule has 0 bridgehead atoms. The minimum absolute atomic E-state index is 0.0188. The average Bonchev–Trinajstić information content (AvgIpc) is 3.09. The lowest BCUT2D eigenvalue weighted by Crippen LogP contribution is -2.45. The first-order valence-electron chi connectivity index (χ1n) is 22.0. The zero-order valence-electron chi connectivity index (χ0n) is 33.1. The smallest absolute Gasteiger partial charge is 0.222 e. The van der Waals surface area contributed by atoms with Crippen LogP contribution in [0.5, 0.6) is 0 Å². The summed E-state index contributed by atoms with van der Waals surface area (Å²) >= 11 is 0. The molecule has 292 valence electrons. The Balaban J connectivity index is 3.64. The molecule has 0 aromatic rings. The number of allylic oxidation sites excluding steroid dienone is 1. The summed E-state index contributed by atoms with van der Waals surface area (Å²) in [7, 11) is 0. The van der Waals surface area contributed by atoms with E-state index in [0.717, 1.165) is 25.7 Å². The fourth-order valence-corrected chi connectivity index (χ4v) is 6.93. The number of hydrogen-bond donors (Lipinski definition) is 4. The Hall–Kier alpha value is -0.910. The second-order valence-electron chi connectivity index (χ2n) is 15.3. The van der Waals surface area contributed by atoms with Gasteiger partial charge in [0, 0.05) is 0 Å². The largest absolute Gasteiger partial charge is 0.394 e. The van der Waals surface area contributed by atoms with Crippen LogP contribution in [0.1, 0.15) is 239 Å². The molecule has 4 N–H and O–H groups in total. The highest BCUT2D eigenvalue weighted by Gasteiger charge is 2.20. The fourth-order valence-electron chi connectivity index (χ4n) is 6.93. The molecule has 0 fully saturated rings. The van der Waals surface area contributed by atoms with E-state index in [0.29, 0.717) is 6.42 Å². The van der Waals surface area contributed by atoms with Crippen molar-refractivity contribution in [2.45, 2.75) is 257 Å². The minimum Gasteiger partial charge on any atom is -0.394 e. The van der Waals surface area contributed by atoms with Gasteiger partial charge in [-0.05, 0) is 19.3 Å². The molecule has 3 unspecified atom stereocenters. The summed E-state index contributed by atoms with van der Waals surface area (Å²) in [6.45, 7) is 4.23. The maximum Gasteiger partial charge on any atom is 0.222 e. The Bertz CT molecular complexity index is 684. The van der Waals surface area contributed by atoms with Crippen molar-refractivity contribution in [3.8, 4) is 0 Å². The number of unbranched alkanes of at least 4 members (excludes halogenated alkanes) is 31. The Kier molecular flexibility index (Phi) is 39.1. The van der Waals surface area contributed by atoms with E-state index in [1.807, 2.05) is 6.08 Å². The summed E-state index contributed by atoms with van der Waals surface area (Å²) in [5, 5.41) is 33.2. The van der Waals surface area contributed by atoms with Crippen LogP contribution in [-0.4, -0.2) is 46.1 Å². The number of rotatable bonds is 40. The van der Waals surface area contributed by atoms with E-state index in [2.05, 4.69) is 19.2 Å². The first-order valence-corrected chi connectivity index (χ1v) is 22.0. The molecule has 49 heavy (non-hydrogen) atoms. The van der Waals surface area contributed by atoms with Crippen molar-refractivity contribution >= 4 is 5.91 Å². The predicted octanol–water partition coefficient (Wildman–Crippen LogP) is 12.4. The minimum atomic E-state index is -0.924. The van der Waals surface area contributed by atoms with Crippen molar-refractivity contribution in [1.82, 2.24) is 5.32 Å². The number of aliphatic hydroxyl groups excluding tert-OH is 3. The van der Waals surface area contributed by atoms with Crippen LogP contribution in [0.25, 0.3) is 0 Å². The van der Waals surface area contributed by atoms with Gasteiger partial charge in [-0.25, -0.2) is 0 Å². The van der Waals surface area contributed by atoms with Gasteiger partial charge in [0.15, 0.2) is 0 Å². The lowest BCUT2D eigenvalue weighted by Gasteiger charge is -2.21. The highest BCUT2D eigenvalue weighted by atomic mass is 16.3. The van der Waals surface area contributed by atoms with E-state index in [4.69, 9.17) is 0 Å². The van der Waals surface area contributed by atoms with Gasteiger partial charge in [-0.2, -0.15) is 0 Å². The SMILES string of the molecule is CCCCCCCCCCCCCCCCC/C=C/C(O)C(CO)NC(=O)CC(O)CCCCCCCCCCCCCCCCCCC. The standard InChI is InChI=1S/C44H87NO4/c1-3-5-7-9-11-13-15-17-19-21-23-25-27-29-31-33-35-37-41(47)39-44(49)45-42(40-46)43(48)38-36-34-32-30-28-26-24-22-20-18-16-14-12-10-8-6-4-2/h36,38,41-43,46-48H,3-35,37,39-40H2,1-2H3,(H,45,49)/b38-36+. The molecule has 0 saturated heterocycles. The summed E-state index contributed by atoms with van der Waals surface area (Å²) in [5.74, 6) is -0.312. The van der Waals surface area contributed by atoms with Gasteiger partial charge in [-0.1, -0.05) is 225 Å². The van der Waals surface area contributed by atoms with Gasteiger partial charge in [0.25, 0.3) is 0 Å². The molecule has 0 rings (SSSR count). The number of amides is 1. The summed E-state index contributed by atoms with van der Waals surface area (Å²) in [6.07, 6.45) is 46.3. The molecule has 0 aliphatic heterocycles. The maximum absolute atomic E-state index is 12.4. The highest BCUT2D eigenvalue weighted by molar-refractivity contribution is 5.76. The van der Waals surface area contributed by atoms with Gasteiger partial charge >= 0.3 is 0 Å². The first kappa shape index (κ1) is 48.1. The molecule has 1 amide bonds. The molecule has 3 atom stereocenters. The molecular weight excluding hydrogens is 606 g/mol. The van der Waals surface area contributed by atoms with Crippen LogP contribution in [0, 0.1) is 0 Å². The first-order chi connectivity index (χ1) is 24.0. The lowest BCUT2D eigenvalue weighted by molar-refractivity contribution is -0.124. The van der Waals surface area contributed by atoms with Crippen molar-refractivity contribution in [2.75, 3.05) is 6.61 Å². The highest BCUT2D eigenvalue weighted by Crippen LogP contribution is 2.16. The molecule has 0 spiro atoms. The number of hydrogen-bond acceptors (Lipinski definition) is 4. The second kappa shape index (κ2) is 39.9. The quantitative estimate of drug-likeness (QED) is 0.0380. The second-order valence-corrected chi connectivity index (χ2v) is 15.3.